The van der Waals surface area contributed by atoms with Crippen LogP contribution in [0.3, 0.4) is 0 Å². The molecular formula is C12H18KNO. The van der Waals surface area contributed by atoms with Crippen LogP contribution in [-0.4, -0.2) is 12.8 Å². The second-order valence-corrected chi connectivity index (χ2v) is 3.07. The average molecular weight is 231 g/mol. The zero-order valence-corrected chi connectivity index (χ0v) is 13.3. The molecule has 78 valence electrons. The minimum absolute atomic E-state index is 0. The molecule has 0 bridgehead atoms. The zero-order chi connectivity index (χ0) is 10.4. The number of allylic oxidation sites excluding steroid dienone is 3. The van der Waals surface area contributed by atoms with E-state index in [0.29, 0.717) is 0 Å². The molecule has 0 spiro atoms. The van der Waals surface area contributed by atoms with Gasteiger partial charge in [-0.25, -0.2) is 0 Å². The van der Waals surface area contributed by atoms with Gasteiger partial charge in [-0.3, -0.25) is 0 Å². The SMILES string of the molecule is CC.C[C-]1C=CC2=C(C=N1)OCCC2.[K+]. The van der Waals surface area contributed by atoms with Gasteiger partial charge in [-0.15, -0.1) is 0 Å². The summed E-state index contributed by atoms with van der Waals surface area (Å²) in [6, 6.07) is 1.04. The second-order valence-electron chi connectivity index (χ2n) is 3.07. The third-order valence-corrected chi connectivity index (χ3v) is 2.08. The summed E-state index contributed by atoms with van der Waals surface area (Å²) in [5.74, 6) is 0.953. The molecule has 0 radical (unpaired) electrons. The van der Waals surface area contributed by atoms with Gasteiger partial charge in [-0.2, -0.15) is 12.2 Å². The van der Waals surface area contributed by atoms with Crippen molar-refractivity contribution in [2.75, 3.05) is 6.61 Å². The predicted molar refractivity (Wildman–Crippen MR) is 60.1 cm³/mol. The number of ether oxygens (including phenoxy) is 1. The molecule has 2 heterocycles. The van der Waals surface area contributed by atoms with Crippen molar-refractivity contribution >= 4 is 6.21 Å². The van der Waals surface area contributed by atoms with Crippen molar-refractivity contribution in [2.24, 2.45) is 4.99 Å². The van der Waals surface area contributed by atoms with Crippen LogP contribution in [0.1, 0.15) is 33.6 Å². The first-order chi connectivity index (χ1) is 6.86. The molecular weight excluding hydrogens is 213 g/mol. The Bertz CT molecular complexity index is 243. The van der Waals surface area contributed by atoms with E-state index in [1.165, 1.54) is 5.57 Å². The summed E-state index contributed by atoms with van der Waals surface area (Å²) in [5.41, 5.74) is 1.28. The zero-order valence-electron chi connectivity index (χ0n) is 10.2. The van der Waals surface area contributed by atoms with E-state index in [4.69, 9.17) is 4.74 Å². The van der Waals surface area contributed by atoms with E-state index in [1.807, 2.05) is 33.1 Å². The number of hydrogen-bond acceptors (Lipinski definition) is 2. The Morgan fingerprint density at radius 2 is 2.13 bits per heavy atom. The van der Waals surface area contributed by atoms with Gasteiger partial charge in [0, 0.05) is 0 Å². The Labute approximate surface area is 135 Å². The molecule has 0 amide bonds. The van der Waals surface area contributed by atoms with Gasteiger partial charge in [0.1, 0.15) is 0 Å². The molecule has 0 aromatic rings. The van der Waals surface area contributed by atoms with Crippen LogP contribution < -0.4 is 51.4 Å². The van der Waals surface area contributed by atoms with Gasteiger partial charge in [0.15, 0.2) is 0 Å². The number of aliphatic imine (C=N–C) groups is 1. The third-order valence-electron chi connectivity index (χ3n) is 2.08. The number of nitrogens with zero attached hydrogens (tertiary/aromatic N) is 1. The normalized spacial score (nSPS) is 17.9. The molecule has 3 heteroatoms. The summed E-state index contributed by atoms with van der Waals surface area (Å²) in [4.78, 5) is 4.23. The first-order valence-corrected chi connectivity index (χ1v) is 5.28. The molecule has 0 aromatic heterocycles. The number of rotatable bonds is 0. The molecule has 0 unspecified atom stereocenters. The summed E-state index contributed by atoms with van der Waals surface area (Å²) in [6.07, 6.45) is 8.20. The van der Waals surface area contributed by atoms with Crippen molar-refractivity contribution in [3.63, 3.8) is 0 Å². The molecule has 0 saturated heterocycles. The minimum Gasteiger partial charge on any atom is -0.506 e. The fraction of sp³-hybridized carbons (Fsp3) is 0.500. The van der Waals surface area contributed by atoms with Gasteiger partial charge in [0.2, 0.25) is 0 Å². The van der Waals surface area contributed by atoms with E-state index in [2.05, 4.69) is 11.1 Å². The Kier molecular flexibility index (Phi) is 8.85. The molecule has 0 aromatic carbocycles. The van der Waals surface area contributed by atoms with E-state index in [0.717, 1.165) is 31.2 Å². The van der Waals surface area contributed by atoms with Crippen LogP contribution in [0.25, 0.3) is 0 Å². The summed E-state index contributed by atoms with van der Waals surface area (Å²) in [5, 5.41) is 0. The monoisotopic (exact) mass is 231 g/mol. The first kappa shape index (κ1) is 15.5. The summed E-state index contributed by atoms with van der Waals surface area (Å²) < 4.78 is 5.48. The van der Waals surface area contributed by atoms with E-state index in [-0.39, 0.29) is 51.4 Å². The first-order valence-electron chi connectivity index (χ1n) is 5.28. The topological polar surface area (TPSA) is 21.6 Å². The van der Waals surface area contributed by atoms with Crippen LogP contribution in [-0.2, 0) is 4.74 Å². The van der Waals surface area contributed by atoms with Crippen LogP contribution in [0.4, 0.5) is 0 Å². The standard InChI is InChI=1S/C10H12NO.C2H6.K/c1-8-4-5-9-3-2-6-12-10(9)7-11-8;1-2;/h4-5,7H,2-3,6H2,1H3;1-2H3;/q-1;;+1. The maximum Gasteiger partial charge on any atom is 1.00 e. The van der Waals surface area contributed by atoms with Crippen molar-refractivity contribution in [2.45, 2.75) is 33.6 Å². The molecule has 0 aliphatic carbocycles. The van der Waals surface area contributed by atoms with Crippen molar-refractivity contribution in [1.29, 1.82) is 0 Å². The maximum absolute atomic E-state index is 5.48. The van der Waals surface area contributed by atoms with Crippen molar-refractivity contribution < 1.29 is 56.1 Å². The van der Waals surface area contributed by atoms with E-state index >= 15 is 0 Å². The molecule has 0 saturated carbocycles. The molecule has 2 rings (SSSR count). The van der Waals surface area contributed by atoms with Gasteiger partial charge in [-0.05, 0) is 19.1 Å². The summed E-state index contributed by atoms with van der Waals surface area (Å²) >= 11 is 0. The maximum atomic E-state index is 5.48. The molecule has 0 fully saturated rings. The van der Waals surface area contributed by atoms with Crippen molar-refractivity contribution in [3.8, 4) is 0 Å². The van der Waals surface area contributed by atoms with Gasteiger partial charge in [0.25, 0.3) is 0 Å². The third kappa shape index (κ3) is 4.87. The molecule has 0 atom stereocenters. The molecule has 2 aliphatic rings. The quantitative estimate of drug-likeness (QED) is 0.433. The largest absolute Gasteiger partial charge is 1.00 e. The molecule has 2 aliphatic heterocycles. The molecule has 0 N–H and O–H groups in total. The van der Waals surface area contributed by atoms with Crippen LogP contribution in [0.5, 0.6) is 0 Å². The van der Waals surface area contributed by atoms with Crippen molar-refractivity contribution in [1.82, 2.24) is 0 Å². The van der Waals surface area contributed by atoms with Gasteiger partial charge >= 0.3 is 51.4 Å². The number of hydrogen-bond donors (Lipinski definition) is 0. The fourth-order valence-corrected chi connectivity index (χ4v) is 1.37. The summed E-state index contributed by atoms with van der Waals surface area (Å²) in [6.45, 7) is 6.82. The van der Waals surface area contributed by atoms with Gasteiger partial charge in [0.05, 0.1) is 12.4 Å². The Balaban J connectivity index is 0.000000617. The van der Waals surface area contributed by atoms with E-state index in [9.17, 15) is 0 Å². The average Bonchev–Trinajstić information content (AvgIpc) is 2.45. The van der Waals surface area contributed by atoms with E-state index in [1.54, 1.807) is 0 Å². The predicted octanol–water partition coefficient (Wildman–Crippen LogP) is 0.274. The molecule has 2 nitrogen and oxygen atoms in total. The summed E-state index contributed by atoms with van der Waals surface area (Å²) in [7, 11) is 0. The second kappa shape index (κ2) is 8.59. The van der Waals surface area contributed by atoms with Crippen LogP contribution >= 0.6 is 0 Å². The Morgan fingerprint density at radius 3 is 2.87 bits per heavy atom. The van der Waals surface area contributed by atoms with Crippen molar-refractivity contribution in [3.05, 3.63) is 29.5 Å². The molecule has 15 heavy (non-hydrogen) atoms. The Morgan fingerprint density at radius 1 is 1.40 bits per heavy atom. The van der Waals surface area contributed by atoms with Crippen LogP contribution in [0.15, 0.2) is 28.5 Å². The van der Waals surface area contributed by atoms with Gasteiger partial charge < -0.3 is 9.73 Å². The van der Waals surface area contributed by atoms with Crippen LogP contribution in [0, 0.1) is 6.04 Å². The van der Waals surface area contributed by atoms with Crippen LogP contribution in [0.2, 0.25) is 0 Å². The minimum atomic E-state index is 0. The van der Waals surface area contributed by atoms with Gasteiger partial charge in [-0.1, -0.05) is 32.4 Å². The Hall–Kier alpha value is 0.456. The smallest absolute Gasteiger partial charge is 0.506 e. The fourth-order valence-electron chi connectivity index (χ4n) is 1.37. The van der Waals surface area contributed by atoms with E-state index < -0.39 is 0 Å².